The van der Waals surface area contributed by atoms with Crippen LogP contribution in [0.3, 0.4) is 0 Å². The Morgan fingerprint density at radius 1 is 1.11 bits per heavy atom. The van der Waals surface area contributed by atoms with Crippen molar-refractivity contribution in [3.63, 3.8) is 0 Å². The summed E-state index contributed by atoms with van der Waals surface area (Å²) in [5, 5.41) is 2.96. The number of carbonyl (C=O) groups excluding carboxylic acids is 2. The second-order valence-electron chi connectivity index (χ2n) is 6.69. The SMILES string of the molecule is COc1ccc(CCN2C(=O)C[C@@H](Nc3ccc(C)c(F)c3)C2=O)cc1OC. The number of methoxy groups -OCH3 is 2. The Hall–Kier alpha value is -3.09. The molecule has 28 heavy (non-hydrogen) atoms. The maximum Gasteiger partial charge on any atom is 0.252 e. The molecule has 7 heteroatoms. The third-order valence-electron chi connectivity index (χ3n) is 4.83. The predicted octanol–water partition coefficient (Wildman–Crippen LogP) is 2.93. The zero-order valence-corrected chi connectivity index (χ0v) is 16.1. The third-order valence-corrected chi connectivity index (χ3v) is 4.83. The second-order valence-corrected chi connectivity index (χ2v) is 6.69. The number of nitrogens with one attached hydrogen (secondary N) is 1. The molecule has 1 saturated heterocycles. The molecular weight excluding hydrogens is 363 g/mol. The van der Waals surface area contributed by atoms with Gasteiger partial charge < -0.3 is 14.8 Å². The Morgan fingerprint density at radius 3 is 2.54 bits per heavy atom. The average molecular weight is 386 g/mol. The van der Waals surface area contributed by atoms with Crippen molar-refractivity contribution < 1.29 is 23.5 Å². The van der Waals surface area contributed by atoms with Gasteiger partial charge in [0.1, 0.15) is 11.9 Å². The minimum Gasteiger partial charge on any atom is -0.493 e. The smallest absolute Gasteiger partial charge is 0.252 e. The highest BCUT2D eigenvalue weighted by molar-refractivity contribution is 6.06. The highest BCUT2D eigenvalue weighted by Crippen LogP contribution is 2.28. The van der Waals surface area contributed by atoms with Crippen molar-refractivity contribution in [3.8, 4) is 11.5 Å². The number of imide groups is 1. The van der Waals surface area contributed by atoms with E-state index in [4.69, 9.17) is 9.47 Å². The number of ether oxygens (including phenoxy) is 2. The quantitative estimate of drug-likeness (QED) is 0.741. The van der Waals surface area contributed by atoms with Crippen LogP contribution in [0.1, 0.15) is 17.5 Å². The Morgan fingerprint density at radius 2 is 1.86 bits per heavy atom. The van der Waals surface area contributed by atoms with E-state index in [2.05, 4.69) is 5.32 Å². The fourth-order valence-electron chi connectivity index (χ4n) is 3.19. The number of likely N-dealkylation sites (tertiary alicyclic amines) is 1. The Balaban J connectivity index is 1.64. The molecule has 0 aromatic heterocycles. The number of benzene rings is 2. The van der Waals surface area contributed by atoms with E-state index >= 15 is 0 Å². The van der Waals surface area contributed by atoms with Gasteiger partial charge in [-0.05, 0) is 48.7 Å². The lowest BCUT2D eigenvalue weighted by molar-refractivity contribution is -0.138. The van der Waals surface area contributed by atoms with Gasteiger partial charge >= 0.3 is 0 Å². The molecule has 3 rings (SSSR count). The molecule has 2 amide bonds. The molecule has 2 aromatic carbocycles. The average Bonchev–Trinajstić information content (AvgIpc) is 2.95. The molecule has 0 radical (unpaired) electrons. The summed E-state index contributed by atoms with van der Waals surface area (Å²) in [4.78, 5) is 26.2. The monoisotopic (exact) mass is 386 g/mol. The maximum absolute atomic E-state index is 13.7. The zero-order chi connectivity index (χ0) is 20.3. The van der Waals surface area contributed by atoms with E-state index in [9.17, 15) is 14.0 Å². The molecule has 0 spiro atoms. The standard InChI is InChI=1S/C21H23FN2O4/c1-13-4-6-15(11-16(13)22)23-17-12-20(25)24(21(17)26)9-8-14-5-7-18(27-2)19(10-14)28-3/h4-7,10-11,17,23H,8-9,12H2,1-3H3/t17-/m1/s1. The molecule has 0 saturated carbocycles. The third kappa shape index (κ3) is 4.08. The number of rotatable bonds is 7. The molecule has 1 heterocycles. The van der Waals surface area contributed by atoms with E-state index in [1.54, 1.807) is 39.3 Å². The van der Waals surface area contributed by atoms with E-state index < -0.39 is 6.04 Å². The van der Waals surface area contributed by atoms with E-state index in [-0.39, 0.29) is 30.6 Å². The predicted molar refractivity (Wildman–Crippen MR) is 103 cm³/mol. The van der Waals surface area contributed by atoms with Crippen molar-refractivity contribution >= 4 is 17.5 Å². The summed E-state index contributed by atoms with van der Waals surface area (Å²) >= 11 is 0. The summed E-state index contributed by atoms with van der Waals surface area (Å²) in [6.45, 7) is 1.94. The van der Waals surface area contributed by atoms with E-state index in [0.29, 0.717) is 29.2 Å². The number of hydrogen-bond donors (Lipinski definition) is 1. The molecule has 6 nitrogen and oxygen atoms in total. The molecule has 1 fully saturated rings. The van der Waals surface area contributed by atoms with Crippen molar-refractivity contribution in [3.05, 3.63) is 53.3 Å². The Kier molecular flexibility index (Phi) is 5.82. The van der Waals surface area contributed by atoms with Gasteiger partial charge in [-0.3, -0.25) is 14.5 Å². The molecule has 1 aliphatic rings. The number of amides is 2. The number of nitrogens with zero attached hydrogens (tertiary/aromatic N) is 1. The number of anilines is 1. The van der Waals surface area contributed by atoms with Crippen LogP contribution in [0.2, 0.25) is 0 Å². The van der Waals surface area contributed by atoms with Gasteiger partial charge in [-0.1, -0.05) is 12.1 Å². The van der Waals surface area contributed by atoms with E-state index in [0.717, 1.165) is 5.56 Å². The van der Waals surface area contributed by atoms with Crippen molar-refractivity contribution in [2.45, 2.75) is 25.8 Å². The van der Waals surface area contributed by atoms with Gasteiger partial charge in [0.05, 0.1) is 20.6 Å². The van der Waals surface area contributed by atoms with Crippen LogP contribution in [-0.4, -0.2) is 43.5 Å². The molecule has 1 N–H and O–H groups in total. The van der Waals surface area contributed by atoms with Gasteiger partial charge in [0.25, 0.3) is 5.91 Å². The maximum atomic E-state index is 13.7. The van der Waals surface area contributed by atoms with Gasteiger partial charge in [-0.15, -0.1) is 0 Å². The summed E-state index contributed by atoms with van der Waals surface area (Å²) < 4.78 is 24.2. The first-order valence-corrected chi connectivity index (χ1v) is 9.00. The molecule has 1 aliphatic heterocycles. The van der Waals surface area contributed by atoms with Gasteiger partial charge in [-0.2, -0.15) is 0 Å². The van der Waals surface area contributed by atoms with Crippen LogP contribution < -0.4 is 14.8 Å². The fourth-order valence-corrected chi connectivity index (χ4v) is 3.19. The fraction of sp³-hybridized carbons (Fsp3) is 0.333. The molecule has 0 unspecified atom stereocenters. The summed E-state index contributed by atoms with van der Waals surface area (Å²) in [7, 11) is 3.12. The van der Waals surface area contributed by atoms with Crippen molar-refractivity contribution in [2.75, 3.05) is 26.1 Å². The van der Waals surface area contributed by atoms with Crippen LogP contribution in [0, 0.1) is 12.7 Å². The molecule has 0 bridgehead atoms. The van der Waals surface area contributed by atoms with Crippen LogP contribution in [0.4, 0.5) is 10.1 Å². The number of carbonyl (C=O) groups is 2. The van der Waals surface area contributed by atoms with E-state index in [1.807, 2.05) is 12.1 Å². The molecule has 0 aliphatic carbocycles. The molecule has 1 atom stereocenters. The zero-order valence-electron chi connectivity index (χ0n) is 16.1. The van der Waals surface area contributed by atoms with Crippen molar-refractivity contribution in [1.82, 2.24) is 4.90 Å². The Labute approximate surface area is 163 Å². The summed E-state index contributed by atoms with van der Waals surface area (Å²) in [6.07, 6.45) is 0.560. The van der Waals surface area contributed by atoms with Crippen molar-refractivity contribution in [2.24, 2.45) is 0 Å². The second kappa shape index (κ2) is 8.29. The lowest BCUT2D eigenvalue weighted by Crippen LogP contribution is -2.36. The highest BCUT2D eigenvalue weighted by Gasteiger charge is 2.38. The van der Waals surface area contributed by atoms with Gasteiger partial charge in [0.15, 0.2) is 11.5 Å². The minimum absolute atomic E-state index is 0.0558. The van der Waals surface area contributed by atoms with E-state index in [1.165, 1.54) is 11.0 Å². The van der Waals surface area contributed by atoms with Crippen LogP contribution in [0.25, 0.3) is 0 Å². The first-order chi connectivity index (χ1) is 13.4. The van der Waals surface area contributed by atoms with Crippen molar-refractivity contribution in [1.29, 1.82) is 0 Å². The molecule has 2 aromatic rings. The summed E-state index contributed by atoms with van der Waals surface area (Å²) in [6, 6.07) is 9.47. The first-order valence-electron chi connectivity index (χ1n) is 9.00. The molecular formula is C21H23FN2O4. The minimum atomic E-state index is -0.681. The van der Waals surface area contributed by atoms with Gasteiger partial charge in [0.2, 0.25) is 5.91 Å². The number of aryl methyl sites for hydroxylation is 1. The lowest BCUT2D eigenvalue weighted by Gasteiger charge is -2.17. The Bertz CT molecular complexity index is 900. The summed E-state index contributed by atoms with van der Waals surface area (Å²) in [5.74, 6) is 0.322. The lowest BCUT2D eigenvalue weighted by atomic mass is 10.1. The summed E-state index contributed by atoms with van der Waals surface area (Å²) in [5.41, 5.74) is 1.93. The first kappa shape index (κ1) is 19.7. The van der Waals surface area contributed by atoms with Gasteiger partial charge in [-0.25, -0.2) is 4.39 Å². The van der Waals surface area contributed by atoms with Crippen LogP contribution in [-0.2, 0) is 16.0 Å². The van der Waals surface area contributed by atoms with Crippen LogP contribution in [0.15, 0.2) is 36.4 Å². The highest BCUT2D eigenvalue weighted by atomic mass is 19.1. The van der Waals surface area contributed by atoms with Gasteiger partial charge in [0, 0.05) is 12.2 Å². The molecule has 148 valence electrons. The van der Waals surface area contributed by atoms with Crippen LogP contribution in [0.5, 0.6) is 11.5 Å². The normalized spacial score (nSPS) is 16.4. The topological polar surface area (TPSA) is 67.9 Å². The van der Waals surface area contributed by atoms with Crippen LogP contribution >= 0.6 is 0 Å². The largest absolute Gasteiger partial charge is 0.493 e. The number of hydrogen-bond acceptors (Lipinski definition) is 5. The number of halogens is 1.